The van der Waals surface area contributed by atoms with Crippen LogP contribution in [0.1, 0.15) is 26.5 Å². The number of hydrogen-bond donors (Lipinski definition) is 1. The van der Waals surface area contributed by atoms with Gasteiger partial charge in [0.05, 0.1) is 6.26 Å². The number of furan rings is 1. The van der Waals surface area contributed by atoms with E-state index in [1.165, 1.54) is 12.3 Å². The zero-order valence-corrected chi connectivity index (χ0v) is 11.4. The maximum absolute atomic E-state index is 12.5. The molecule has 0 spiro atoms. The fourth-order valence-electron chi connectivity index (χ4n) is 2.66. The van der Waals surface area contributed by atoms with Crippen LogP contribution in [0.15, 0.2) is 64.3 Å². The van der Waals surface area contributed by atoms with Crippen molar-refractivity contribution in [3.05, 3.63) is 71.7 Å². The molecule has 4 rings (SSSR count). The van der Waals surface area contributed by atoms with Crippen molar-refractivity contribution in [3.8, 4) is 0 Å². The highest BCUT2D eigenvalue weighted by atomic mass is 16.3. The Morgan fingerprint density at radius 2 is 1.77 bits per heavy atom. The molecule has 0 saturated heterocycles. The molecule has 3 aromatic rings. The fraction of sp³-hybridized carbons (Fsp3) is 0. The predicted molar refractivity (Wildman–Crippen MR) is 81.0 cm³/mol. The quantitative estimate of drug-likeness (QED) is 0.738. The van der Waals surface area contributed by atoms with E-state index in [-0.39, 0.29) is 17.3 Å². The lowest BCUT2D eigenvalue weighted by molar-refractivity contribution is 0.0927. The smallest absolute Gasteiger partial charge is 0.307 e. The molecule has 0 radical (unpaired) electrons. The van der Waals surface area contributed by atoms with Crippen LogP contribution in [0, 0.1) is 0 Å². The van der Waals surface area contributed by atoms with Gasteiger partial charge in [-0.2, -0.15) is 5.10 Å². The van der Waals surface area contributed by atoms with E-state index in [1.807, 2.05) is 30.3 Å². The standard InChI is InChI=1S/C17H10N2O3/c20-16-12-7-2-5-10-4-1-6-11(14(10)12)15(16)18-19-17(21)13-8-3-9-22-13/h1-9H,(H,19,21)/b18-15-. The molecule has 1 N–H and O–H groups in total. The van der Waals surface area contributed by atoms with Crippen LogP contribution in [0.3, 0.4) is 0 Å². The van der Waals surface area contributed by atoms with Gasteiger partial charge in [0.15, 0.2) is 5.76 Å². The minimum absolute atomic E-state index is 0.144. The first-order chi connectivity index (χ1) is 10.8. The van der Waals surface area contributed by atoms with Crippen LogP contribution in [0.4, 0.5) is 0 Å². The number of hydrogen-bond acceptors (Lipinski definition) is 4. The van der Waals surface area contributed by atoms with E-state index in [0.29, 0.717) is 5.56 Å². The summed E-state index contributed by atoms with van der Waals surface area (Å²) in [4.78, 5) is 24.3. The van der Waals surface area contributed by atoms with Crippen molar-refractivity contribution in [2.75, 3.05) is 0 Å². The number of carbonyl (C=O) groups excluding carboxylic acids is 2. The van der Waals surface area contributed by atoms with Crippen LogP contribution >= 0.6 is 0 Å². The number of hydrazone groups is 1. The molecule has 5 heteroatoms. The average molecular weight is 290 g/mol. The number of nitrogens with zero attached hydrogens (tertiary/aromatic N) is 1. The van der Waals surface area contributed by atoms with Crippen molar-refractivity contribution in [1.82, 2.24) is 5.43 Å². The van der Waals surface area contributed by atoms with Crippen molar-refractivity contribution in [3.63, 3.8) is 0 Å². The summed E-state index contributed by atoms with van der Waals surface area (Å²) < 4.78 is 4.99. The van der Waals surface area contributed by atoms with Gasteiger partial charge in [0, 0.05) is 16.5 Å². The molecule has 0 aliphatic heterocycles. The number of rotatable bonds is 2. The van der Waals surface area contributed by atoms with E-state index in [9.17, 15) is 9.59 Å². The van der Waals surface area contributed by atoms with Crippen LogP contribution in [-0.2, 0) is 0 Å². The van der Waals surface area contributed by atoms with Crippen LogP contribution in [0.5, 0.6) is 0 Å². The van der Waals surface area contributed by atoms with Gasteiger partial charge < -0.3 is 4.42 Å². The van der Waals surface area contributed by atoms with Gasteiger partial charge in [-0.1, -0.05) is 36.4 Å². The summed E-state index contributed by atoms with van der Waals surface area (Å²) in [5, 5.41) is 5.86. The molecule has 0 fully saturated rings. The maximum atomic E-state index is 12.5. The summed E-state index contributed by atoms with van der Waals surface area (Å²) >= 11 is 0. The molecule has 1 heterocycles. The summed E-state index contributed by atoms with van der Waals surface area (Å²) in [6.07, 6.45) is 1.40. The third kappa shape index (κ3) is 1.76. The van der Waals surface area contributed by atoms with E-state index in [1.54, 1.807) is 12.1 Å². The Hall–Kier alpha value is -3.21. The van der Waals surface area contributed by atoms with Crippen molar-refractivity contribution < 1.29 is 14.0 Å². The maximum Gasteiger partial charge on any atom is 0.307 e. The van der Waals surface area contributed by atoms with Crippen LogP contribution in [0.25, 0.3) is 10.8 Å². The lowest BCUT2D eigenvalue weighted by atomic mass is 10.1. The molecule has 1 aliphatic carbocycles. The lowest BCUT2D eigenvalue weighted by Crippen LogP contribution is -2.21. The zero-order valence-electron chi connectivity index (χ0n) is 11.4. The molecule has 5 nitrogen and oxygen atoms in total. The van der Waals surface area contributed by atoms with E-state index in [2.05, 4.69) is 10.5 Å². The molecule has 2 aromatic carbocycles. The Balaban J connectivity index is 1.75. The number of benzene rings is 2. The highest BCUT2D eigenvalue weighted by molar-refractivity contribution is 6.59. The molecule has 106 valence electrons. The topological polar surface area (TPSA) is 71.7 Å². The van der Waals surface area contributed by atoms with Crippen molar-refractivity contribution >= 4 is 28.2 Å². The molecule has 0 bridgehead atoms. The largest absolute Gasteiger partial charge is 0.459 e. The van der Waals surface area contributed by atoms with Gasteiger partial charge in [-0.3, -0.25) is 9.59 Å². The van der Waals surface area contributed by atoms with Crippen LogP contribution in [0.2, 0.25) is 0 Å². The molecular weight excluding hydrogens is 280 g/mol. The molecular formula is C17H10N2O3. The minimum atomic E-state index is -0.492. The molecule has 0 unspecified atom stereocenters. The molecule has 0 atom stereocenters. The number of ketones is 1. The molecule has 22 heavy (non-hydrogen) atoms. The number of nitrogens with one attached hydrogen (secondary N) is 1. The summed E-state index contributed by atoms with van der Waals surface area (Å²) in [6.45, 7) is 0. The van der Waals surface area contributed by atoms with Gasteiger partial charge in [0.1, 0.15) is 5.71 Å². The van der Waals surface area contributed by atoms with Gasteiger partial charge in [-0.25, -0.2) is 5.43 Å². The third-order valence-corrected chi connectivity index (χ3v) is 3.63. The van der Waals surface area contributed by atoms with Gasteiger partial charge >= 0.3 is 5.91 Å². The monoisotopic (exact) mass is 290 g/mol. The van der Waals surface area contributed by atoms with E-state index in [4.69, 9.17) is 4.42 Å². The van der Waals surface area contributed by atoms with E-state index in [0.717, 1.165) is 16.3 Å². The summed E-state index contributed by atoms with van der Waals surface area (Å²) in [5.41, 5.74) is 3.96. The Morgan fingerprint density at radius 1 is 1.00 bits per heavy atom. The second-order valence-electron chi connectivity index (χ2n) is 4.92. The van der Waals surface area contributed by atoms with E-state index < -0.39 is 5.91 Å². The number of amides is 1. The molecule has 1 amide bonds. The minimum Gasteiger partial charge on any atom is -0.459 e. The summed E-state index contributed by atoms with van der Waals surface area (Å²) in [5.74, 6) is -0.537. The molecule has 1 aromatic heterocycles. The first-order valence-corrected chi connectivity index (χ1v) is 6.74. The Bertz CT molecular complexity index is 934. The second-order valence-corrected chi connectivity index (χ2v) is 4.92. The fourth-order valence-corrected chi connectivity index (χ4v) is 2.66. The SMILES string of the molecule is O=C(N/N=C1\C(=O)c2cccc3cccc1c23)c1ccco1. The van der Waals surface area contributed by atoms with Gasteiger partial charge in [0.2, 0.25) is 5.78 Å². The Labute approximate surface area is 125 Å². The summed E-state index contributed by atoms with van der Waals surface area (Å²) in [7, 11) is 0. The Morgan fingerprint density at radius 3 is 2.50 bits per heavy atom. The number of carbonyl (C=O) groups is 2. The normalized spacial score (nSPS) is 14.7. The highest BCUT2D eigenvalue weighted by Gasteiger charge is 2.28. The first kappa shape index (κ1) is 12.5. The van der Waals surface area contributed by atoms with E-state index >= 15 is 0 Å². The molecule has 1 aliphatic rings. The van der Waals surface area contributed by atoms with Gasteiger partial charge in [-0.05, 0) is 17.5 Å². The van der Waals surface area contributed by atoms with Crippen molar-refractivity contribution in [2.24, 2.45) is 5.10 Å². The molecule has 0 saturated carbocycles. The Kier molecular flexibility index (Phi) is 2.66. The highest BCUT2D eigenvalue weighted by Crippen LogP contribution is 2.30. The van der Waals surface area contributed by atoms with Crippen LogP contribution in [-0.4, -0.2) is 17.4 Å². The van der Waals surface area contributed by atoms with Crippen molar-refractivity contribution in [2.45, 2.75) is 0 Å². The predicted octanol–water partition coefficient (Wildman–Crippen LogP) is 2.76. The summed E-state index contributed by atoms with van der Waals surface area (Å²) in [6, 6.07) is 14.3. The lowest BCUT2D eigenvalue weighted by Gasteiger charge is -2.00. The van der Waals surface area contributed by atoms with Crippen molar-refractivity contribution in [1.29, 1.82) is 0 Å². The van der Waals surface area contributed by atoms with Gasteiger partial charge in [-0.15, -0.1) is 0 Å². The zero-order chi connectivity index (χ0) is 15.1. The first-order valence-electron chi connectivity index (χ1n) is 6.74. The second kappa shape index (κ2) is 4.66. The third-order valence-electron chi connectivity index (χ3n) is 3.63. The van der Waals surface area contributed by atoms with Crippen LogP contribution < -0.4 is 5.43 Å². The van der Waals surface area contributed by atoms with Gasteiger partial charge in [0.25, 0.3) is 0 Å². The average Bonchev–Trinajstić information content (AvgIpc) is 3.16. The number of Topliss-reactive ketones (excluding diaryl/α,β-unsaturated/α-hetero) is 1.